The summed E-state index contributed by atoms with van der Waals surface area (Å²) in [5, 5.41) is 0. The van der Waals surface area contributed by atoms with Gasteiger partial charge in [-0.1, -0.05) is 13.8 Å². The van der Waals surface area contributed by atoms with E-state index in [0.717, 1.165) is 25.2 Å². The molecule has 18 heavy (non-hydrogen) atoms. The average molecular weight is 247 g/mol. The SMILES string of the molecule is CC(C)C1CCN(C(=O)c2ccnc(CN)c2)C1. The minimum atomic E-state index is 0.107. The van der Waals surface area contributed by atoms with Crippen LogP contribution in [0.5, 0.6) is 0 Å². The molecular weight excluding hydrogens is 226 g/mol. The van der Waals surface area contributed by atoms with Gasteiger partial charge < -0.3 is 10.6 Å². The van der Waals surface area contributed by atoms with Gasteiger partial charge in [-0.25, -0.2) is 0 Å². The summed E-state index contributed by atoms with van der Waals surface area (Å²) in [5.41, 5.74) is 7.01. The first kappa shape index (κ1) is 13.0. The van der Waals surface area contributed by atoms with Crippen molar-refractivity contribution >= 4 is 5.91 Å². The predicted octanol–water partition coefficient (Wildman–Crippen LogP) is 1.66. The lowest BCUT2D eigenvalue weighted by atomic mass is 9.95. The third-order valence-corrected chi connectivity index (χ3v) is 3.73. The van der Waals surface area contributed by atoms with Gasteiger partial charge >= 0.3 is 0 Å². The molecule has 1 fully saturated rings. The average Bonchev–Trinajstić information content (AvgIpc) is 2.87. The van der Waals surface area contributed by atoms with Crippen LogP contribution >= 0.6 is 0 Å². The number of rotatable bonds is 3. The number of nitrogens with zero attached hydrogens (tertiary/aromatic N) is 2. The second-order valence-corrected chi connectivity index (χ2v) is 5.28. The number of likely N-dealkylation sites (tertiary alicyclic amines) is 1. The van der Waals surface area contributed by atoms with Gasteiger partial charge in [0.2, 0.25) is 0 Å². The van der Waals surface area contributed by atoms with Crippen molar-refractivity contribution in [2.45, 2.75) is 26.8 Å². The molecule has 1 amide bonds. The number of nitrogens with two attached hydrogens (primary N) is 1. The number of pyridine rings is 1. The van der Waals surface area contributed by atoms with Gasteiger partial charge in [0.25, 0.3) is 5.91 Å². The topological polar surface area (TPSA) is 59.2 Å². The number of carbonyl (C=O) groups excluding carboxylic acids is 1. The lowest BCUT2D eigenvalue weighted by molar-refractivity contribution is 0.0784. The maximum Gasteiger partial charge on any atom is 0.253 e. The van der Waals surface area contributed by atoms with E-state index in [1.54, 1.807) is 18.3 Å². The van der Waals surface area contributed by atoms with E-state index in [4.69, 9.17) is 5.73 Å². The molecule has 1 unspecified atom stereocenters. The van der Waals surface area contributed by atoms with Crippen molar-refractivity contribution < 1.29 is 4.79 Å². The Hall–Kier alpha value is -1.42. The maximum absolute atomic E-state index is 12.3. The van der Waals surface area contributed by atoms with Crippen molar-refractivity contribution in [3.8, 4) is 0 Å². The van der Waals surface area contributed by atoms with Crippen LogP contribution in [-0.2, 0) is 6.54 Å². The highest BCUT2D eigenvalue weighted by Crippen LogP contribution is 2.24. The highest BCUT2D eigenvalue weighted by molar-refractivity contribution is 5.94. The van der Waals surface area contributed by atoms with Crippen molar-refractivity contribution in [3.63, 3.8) is 0 Å². The van der Waals surface area contributed by atoms with E-state index in [-0.39, 0.29) is 5.91 Å². The summed E-state index contributed by atoms with van der Waals surface area (Å²) in [4.78, 5) is 18.4. The molecule has 1 aliphatic rings. The molecule has 1 aromatic rings. The van der Waals surface area contributed by atoms with Crippen LogP contribution in [0.3, 0.4) is 0 Å². The highest BCUT2D eigenvalue weighted by atomic mass is 16.2. The number of hydrogen-bond donors (Lipinski definition) is 1. The van der Waals surface area contributed by atoms with Gasteiger partial charge in [0.1, 0.15) is 0 Å². The third-order valence-electron chi connectivity index (χ3n) is 3.73. The molecule has 1 atom stereocenters. The summed E-state index contributed by atoms with van der Waals surface area (Å²) in [6.45, 7) is 6.55. The monoisotopic (exact) mass is 247 g/mol. The molecule has 0 aliphatic carbocycles. The lowest BCUT2D eigenvalue weighted by Crippen LogP contribution is -2.29. The van der Waals surface area contributed by atoms with Gasteiger partial charge in [-0.2, -0.15) is 0 Å². The van der Waals surface area contributed by atoms with E-state index in [0.29, 0.717) is 23.9 Å². The molecule has 0 radical (unpaired) electrons. The summed E-state index contributed by atoms with van der Waals surface area (Å²) in [7, 11) is 0. The number of carbonyl (C=O) groups is 1. The minimum Gasteiger partial charge on any atom is -0.338 e. The molecule has 98 valence electrons. The fourth-order valence-electron chi connectivity index (χ4n) is 2.42. The van der Waals surface area contributed by atoms with E-state index in [1.807, 2.05) is 4.90 Å². The predicted molar refractivity (Wildman–Crippen MR) is 71.0 cm³/mol. The zero-order valence-corrected chi connectivity index (χ0v) is 11.1. The Balaban J connectivity index is 2.08. The number of aromatic nitrogens is 1. The minimum absolute atomic E-state index is 0.107. The third kappa shape index (κ3) is 2.70. The molecule has 2 N–H and O–H groups in total. The first-order chi connectivity index (χ1) is 8.61. The molecule has 4 heteroatoms. The fraction of sp³-hybridized carbons (Fsp3) is 0.571. The Morgan fingerprint density at radius 2 is 2.39 bits per heavy atom. The molecule has 1 aliphatic heterocycles. The molecule has 1 saturated heterocycles. The van der Waals surface area contributed by atoms with Crippen LogP contribution < -0.4 is 5.73 Å². The Bertz CT molecular complexity index is 431. The van der Waals surface area contributed by atoms with Gasteiger partial charge in [-0.05, 0) is 30.4 Å². The quantitative estimate of drug-likeness (QED) is 0.883. The molecule has 0 bridgehead atoms. The van der Waals surface area contributed by atoms with Crippen LogP contribution in [0, 0.1) is 11.8 Å². The van der Waals surface area contributed by atoms with Crippen molar-refractivity contribution in [2.24, 2.45) is 17.6 Å². The lowest BCUT2D eigenvalue weighted by Gasteiger charge is -2.18. The smallest absolute Gasteiger partial charge is 0.253 e. The summed E-state index contributed by atoms with van der Waals surface area (Å²) >= 11 is 0. The molecule has 0 aromatic carbocycles. The van der Waals surface area contributed by atoms with Gasteiger partial charge in [0.15, 0.2) is 0 Å². The Kier molecular flexibility index (Phi) is 3.97. The molecule has 2 heterocycles. The highest BCUT2D eigenvalue weighted by Gasteiger charge is 2.28. The number of amides is 1. The Morgan fingerprint density at radius 3 is 3.00 bits per heavy atom. The molecule has 2 rings (SSSR count). The summed E-state index contributed by atoms with van der Waals surface area (Å²) in [6, 6.07) is 3.56. The van der Waals surface area contributed by atoms with Crippen LogP contribution in [0.15, 0.2) is 18.3 Å². The molecule has 0 saturated carbocycles. The summed E-state index contributed by atoms with van der Waals surface area (Å²) < 4.78 is 0. The Labute approximate surface area is 108 Å². The first-order valence-corrected chi connectivity index (χ1v) is 6.56. The first-order valence-electron chi connectivity index (χ1n) is 6.56. The number of hydrogen-bond acceptors (Lipinski definition) is 3. The van der Waals surface area contributed by atoms with Crippen LogP contribution in [0.4, 0.5) is 0 Å². The van der Waals surface area contributed by atoms with Crippen LogP contribution in [-0.4, -0.2) is 28.9 Å². The molecule has 0 spiro atoms. The van der Waals surface area contributed by atoms with Crippen LogP contribution in [0.1, 0.15) is 36.3 Å². The van der Waals surface area contributed by atoms with Crippen molar-refractivity contribution in [3.05, 3.63) is 29.6 Å². The molecular formula is C14H21N3O. The zero-order chi connectivity index (χ0) is 13.1. The molecule has 1 aromatic heterocycles. The van der Waals surface area contributed by atoms with Crippen LogP contribution in [0.25, 0.3) is 0 Å². The van der Waals surface area contributed by atoms with Gasteiger partial charge in [0, 0.05) is 31.4 Å². The molecule has 4 nitrogen and oxygen atoms in total. The van der Waals surface area contributed by atoms with Crippen LogP contribution in [0.2, 0.25) is 0 Å². The van der Waals surface area contributed by atoms with E-state index in [2.05, 4.69) is 18.8 Å². The van der Waals surface area contributed by atoms with Gasteiger partial charge in [-0.3, -0.25) is 9.78 Å². The second kappa shape index (κ2) is 5.48. The van der Waals surface area contributed by atoms with E-state index in [1.165, 1.54) is 0 Å². The van der Waals surface area contributed by atoms with Gasteiger partial charge in [-0.15, -0.1) is 0 Å². The van der Waals surface area contributed by atoms with Gasteiger partial charge in [0.05, 0.1) is 5.69 Å². The standard InChI is InChI=1S/C14H21N3O/c1-10(2)12-4-6-17(9-12)14(18)11-3-5-16-13(7-11)8-15/h3,5,7,10,12H,4,6,8-9,15H2,1-2H3. The second-order valence-electron chi connectivity index (χ2n) is 5.28. The van der Waals surface area contributed by atoms with Crippen molar-refractivity contribution in [2.75, 3.05) is 13.1 Å². The van der Waals surface area contributed by atoms with Crippen molar-refractivity contribution in [1.29, 1.82) is 0 Å². The maximum atomic E-state index is 12.3. The van der Waals surface area contributed by atoms with E-state index >= 15 is 0 Å². The van der Waals surface area contributed by atoms with Crippen molar-refractivity contribution in [1.82, 2.24) is 9.88 Å². The summed E-state index contributed by atoms with van der Waals surface area (Å²) in [5.74, 6) is 1.37. The zero-order valence-electron chi connectivity index (χ0n) is 11.1. The normalized spacial score (nSPS) is 19.6. The van der Waals surface area contributed by atoms with E-state index in [9.17, 15) is 4.79 Å². The largest absolute Gasteiger partial charge is 0.338 e. The fourth-order valence-corrected chi connectivity index (χ4v) is 2.42. The Morgan fingerprint density at radius 1 is 1.61 bits per heavy atom. The van der Waals surface area contributed by atoms with E-state index < -0.39 is 0 Å². The summed E-state index contributed by atoms with van der Waals surface area (Å²) in [6.07, 6.45) is 2.77.